The Morgan fingerprint density at radius 1 is 1.24 bits per heavy atom. The van der Waals surface area contributed by atoms with Crippen molar-refractivity contribution in [3.63, 3.8) is 0 Å². The third-order valence-corrected chi connectivity index (χ3v) is 4.61. The maximum atomic E-state index is 12.9. The SMILES string of the molecule is CCCC1CCCN(CCC(O)c2ccc(F)cc2)CC1. The molecule has 0 aliphatic carbocycles. The molecule has 21 heavy (non-hydrogen) atoms. The fraction of sp³-hybridized carbons (Fsp3) is 0.667. The Hall–Kier alpha value is -0.930. The molecule has 1 N–H and O–H groups in total. The molecule has 118 valence electrons. The topological polar surface area (TPSA) is 23.5 Å². The van der Waals surface area contributed by atoms with Gasteiger partial charge < -0.3 is 10.0 Å². The molecule has 1 aliphatic rings. The van der Waals surface area contributed by atoms with Gasteiger partial charge in [-0.15, -0.1) is 0 Å². The van der Waals surface area contributed by atoms with E-state index < -0.39 is 6.10 Å². The Morgan fingerprint density at radius 2 is 2.00 bits per heavy atom. The van der Waals surface area contributed by atoms with Crippen molar-refractivity contribution in [3.8, 4) is 0 Å². The molecule has 1 fully saturated rings. The Labute approximate surface area is 128 Å². The van der Waals surface area contributed by atoms with Gasteiger partial charge in [-0.3, -0.25) is 0 Å². The van der Waals surface area contributed by atoms with E-state index in [1.165, 1.54) is 44.2 Å². The van der Waals surface area contributed by atoms with Crippen LogP contribution in [0.3, 0.4) is 0 Å². The fourth-order valence-electron chi connectivity index (χ4n) is 3.30. The molecule has 1 heterocycles. The number of aliphatic hydroxyl groups is 1. The van der Waals surface area contributed by atoms with Crippen LogP contribution in [0, 0.1) is 11.7 Å². The monoisotopic (exact) mass is 293 g/mol. The Morgan fingerprint density at radius 3 is 2.71 bits per heavy atom. The predicted octanol–water partition coefficient (Wildman–Crippen LogP) is 4.15. The van der Waals surface area contributed by atoms with E-state index >= 15 is 0 Å². The summed E-state index contributed by atoms with van der Waals surface area (Å²) in [4.78, 5) is 2.47. The van der Waals surface area contributed by atoms with Gasteiger partial charge in [-0.2, -0.15) is 0 Å². The van der Waals surface area contributed by atoms with Crippen LogP contribution >= 0.6 is 0 Å². The van der Waals surface area contributed by atoms with Crippen LogP contribution in [0.25, 0.3) is 0 Å². The quantitative estimate of drug-likeness (QED) is 0.851. The molecule has 0 spiro atoms. The molecule has 2 rings (SSSR count). The van der Waals surface area contributed by atoms with Crippen molar-refractivity contribution in [2.75, 3.05) is 19.6 Å². The molecule has 0 radical (unpaired) electrons. The van der Waals surface area contributed by atoms with Gasteiger partial charge in [-0.25, -0.2) is 4.39 Å². The van der Waals surface area contributed by atoms with E-state index in [9.17, 15) is 9.50 Å². The summed E-state index contributed by atoms with van der Waals surface area (Å²) in [6.07, 6.45) is 6.80. The van der Waals surface area contributed by atoms with Gasteiger partial charge in [0.1, 0.15) is 5.82 Å². The average Bonchev–Trinajstić information content (AvgIpc) is 2.71. The van der Waals surface area contributed by atoms with Crippen molar-refractivity contribution in [2.45, 2.75) is 51.6 Å². The van der Waals surface area contributed by atoms with Gasteiger partial charge >= 0.3 is 0 Å². The maximum Gasteiger partial charge on any atom is 0.123 e. The second-order valence-electron chi connectivity index (χ2n) is 6.28. The zero-order valence-electron chi connectivity index (χ0n) is 13.1. The highest BCUT2D eigenvalue weighted by Crippen LogP contribution is 2.23. The first-order valence-electron chi connectivity index (χ1n) is 8.35. The third-order valence-electron chi connectivity index (χ3n) is 4.61. The van der Waals surface area contributed by atoms with E-state index in [0.717, 1.165) is 37.5 Å². The van der Waals surface area contributed by atoms with E-state index in [4.69, 9.17) is 0 Å². The molecule has 1 saturated heterocycles. The molecule has 0 aromatic heterocycles. The van der Waals surface area contributed by atoms with Gasteiger partial charge in [0, 0.05) is 6.54 Å². The first-order chi connectivity index (χ1) is 10.2. The summed E-state index contributed by atoms with van der Waals surface area (Å²) >= 11 is 0. The van der Waals surface area contributed by atoms with E-state index in [0.29, 0.717) is 0 Å². The second-order valence-corrected chi connectivity index (χ2v) is 6.28. The lowest BCUT2D eigenvalue weighted by molar-refractivity contribution is 0.142. The van der Waals surface area contributed by atoms with Crippen molar-refractivity contribution in [2.24, 2.45) is 5.92 Å². The van der Waals surface area contributed by atoms with Gasteiger partial charge in [0.2, 0.25) is 0 Å². The Bertz CT molecular complexity index is 406. The van der Waals surface area contributed by atoms with E-state index in [1.807, 2.05) is 0 Å². The largest absolute Gasteiger partial charge is 0.388 e. The molecule has 2 unspecified atom stereocenters. The normalized spacial score (nSPS) is 22.0. The predicted molar refractivity (Wildman–Crippen MR) is 84.7 cm³/mol. The Kier molecular flexibility index (Phi) is 6.65. The number of hydrogen-bond acceptors (Lipinski definition) is 2. The lowest BCUT2D eigenvalue weighted by Crippen LogP contribution is -2.27. The molecular formula is C18H28FNO. The number of halogens is 1. The van der Waals surface area contributed by atoms with Gasteiger partial charge in [0.05, 0.1) is 6.10 Å². The molecular weight excluding hydrogens is 265 g/mol. The molecule has 0 saturated carbocycles. The molecule has 1 aromatic carbocycles. The highest BCUT2D eigenvalue weighted by atomic mass is 19.1. The van der Waals surface area contributed by atoms with E-state index in [-0.39, 0.29) is 5.82 Å². The summed E-state index contributed by atoms with van der Waals surface area (Å²) in [6, 6.07) is 6.19. The summed E-state index contributed by atoms with van der Waals surface area (Å²) in [5.74, 6) is 0.641. The fourth-order valence-corrected chi connectivity index (χ4v) is 3.30. The number of hydrogen-bond donors (Lipinski definition) is 1. The molecule has 3 heteroatoms. The number of rotatable bonds is 6. The highest BCUT2D eigenvalue weighted by molar-refractivity contribution is 5.18. The number of likely N-dealkylation sites (tertiary alicyclic amines) is 1. The second kappa shape index (κ2) is 8.50. The molecule has 0 bridgehead atoms. The molecule has 1 aliphatic heterocycles. The summed E-state index contributed by atoms with van der Waals surface area (Å²) in [6.45, 7) is 5.50. The summed E-state index contributed by atoms with van der Waals surface area (Å²) in [5.41, 5.74) is 0.815. The number of benzene rings is 1. The number of aliphatic hydroxyl groups excluding tert-OH is 1. The van der Waals surface area contributed by atoms with Crippen LogP contribution in [0.4, 0.5) is 4.39 Å². The Balaban J connectivity index is 1.76. The van der Waals surface area contributed by atoms with Crippen LogP contribution in [0.2, 0.25) is 0 Å². The summed E-state index contributed by atoms with van der Waals surface area (Å²) in [5, 5.41) is 10.2. The first kappa shape index (κ1) is 16.4. The molecule has 2 atom stereocenters. The summed E-state index contributed by atoms with van der Waals surface area (Å²) < 4.78 is 12.9. The average molecular weight is 293 g/mol. The van der Waals surface area contributed by atoms with Crippen molar-refractivity contribution >= 4 is 0 Å². The molecule has 1 aromatic rings. The standard InChI is InChI=1S/C18H28FNO/c1-2-4-15-5-3-12-20(13-10-15)14-11-18(21)16-6-8-17(19)9-7-16/h6-9,15,18,21H,2-5,10-14H2,1H3. The third kappa shape index (κ3) is 5.40. The lowest BCUT2D eigenvalue weighted by Gasteiger charge is -2.22. The molecule has 0 amide bonds. The van der Waals surface area contributed by atoms with Gasteiger partial charge in [0.25, 0.3) is 0 Å². The minimum absolute atomic E-state index is 0.250. The minimum atomic E-state index is -0.486. The number of nitrogens with zero attached hydrogens (tertiary/aromatic N) is 1. The smallest absolute Gasteiger partial charge is 0.123 e. The van der Waals surface area contributed by atoms with Crippen molar-refractivity contribution in [1.29, 1.82) is 0 Å². The maximum absolute atomic E-state index is 12.9. The van der Waals surface area contributed by atoms with Crippen LogP contribution in [-0.2, 0) is 0 Å². The van der Waals surface area contributed by atoms with E-state index in [1.54, 1.807) is 12.1 Å². The van der Waals surface area contributed by atoms with Gasteiger partial charge in [-0.1, -0.05) is 31.9 Å². The van der Waals surface area contributed by atoms with Crippen LogP contribution in [0.1, 0.15) is 57.1 Å². The van der Waals surface area contributed by atoms with E-state index in [2.05, 4.69) is 11.8 Å². The van der Waals surface area contributed by atoms with Crippen LogP contribution in [0.15, 0.2) is 24.3 Å². The first-order valence-corrected chi connectivity index (χ1v) is 8.35. The van der Waals surface area contributed by atoms with Crippen molar-refractivity contribution in [3.05, 3.63) is 35.6 Å². The lowest BCUT2D eigenvalue weighted by atomic mass is 9.96. The zero-order valence-corrected chi connectivity index (χ0v) is 13.1. The zero-order chi connectivity index (χ0) is 15.1. The van der Waals surface area contributed by atoms with Crippen LogP contribution in [-0.4, -0.2) is 29.6 Å². The highest BCUT2D eigenvalue weighted by Gasteiger charge is 2.17. The van der Waals surface area contributed by atoms with Gasteiger partial charge in [-0.05, 0) is 62.4 Å². The minimum Gasteiger partial charge on any atom is -0.388 e. The summed E-state index contributed by atoms with van der Waals surface area (Å²) in [7, 11) is 0. The van der Waals surface area contributed by atoms with Crippen LogP contribution in [0.5, 0.6) is 0 Å². The van der Waals surface area contributed by atoms with Crippen LogP contribution < -0.4 is 0 Å². The van der Waals surface area contributed by atoms with Gasteiger partial charge in [0.15, 0.2) is 0 Å². The van der Waals surface area contributed by atoms with Crippen molar-refractivity contribution < 1.29 is 9.50 Å². The van der Waals surface area contributed by atoms with Crippen molar-refractivity contribution in [1.82, 2.24) is 4.90 Å². The molecule has 2 nitrogen and oxygen atoms in total.